The second-order valence-electron chi connectivity index (χ2n) is 3.98. The number of hydrogen-bond donors (Lipinski definition) is 1. The van der Waals surface area contributed by atoms with Crippen molar-refractivity contribution in [2.75, 3.05) is 12.9 Å². The van der Waals surface area contributed by atoms with Gasteiger partial charge in [0.2, 0.25) is 11.1 Å². The van der Waals surface area contributed by atoms with E-state index >= 15 is 0 Å². The van der Waals surface area contributed by atoms with E-state index in [1.807, 2.05) is 0 Å². The highest BCUT2D eigenvalue weighted by Gasteiger charge is 2.12. The Hall–Kier alpha value is -2.42. The molecule has 0 atom stereocenters. The van der Waals surface area contributed by atoms with Crippen LogP contribution in [0.1, 0.15) is 10.4 Å². The molecule has 0 bridgehead atoms. The Labute approximate surface area is 124 Å². The summed E-state index contributed by atoms with van der Waals surface area (Å²) in [5.41, 5.74) is 0.384. The van der Waals surface area contributed by atoms with Crippen LogP contribution in [0.4, 0.5) is 0 Å². The summed E-state index contributed by atoms with van der Waals surface area (Å²) in [4.78, 5) is 23.6. The topological polar surface area (TPSA) is 99.0 Å². The number of imide groups is 1. The van der Waals surface area contributed by atoms with Gasteiger partial charge in [0.15, 0.2) is 0 Å². The zero-order valence-corrected chi connectivity index (χ0v) is 12.3. The number of ether oxygens (including phenoxy) is 1. The SMILES string of the molecule is COc1ccc(C(=O)NC(=O)CSc2nnnn2C)cc1. The number of rotatable bonds is 5. The summed E-state index contributed by atoms with van der Waals surface area (Å²) in [6.45, 7) is 0. The van der Waals surface area contributed by atoms with E-state index in [2.05, 4.69) is 20.8 Å². The predicted molar refractivity (Wildman–Crippen MR) is 75.0 cm³/mol. The van der Waals surface area contributed by atoms with E-state index in [0.29, 0.717) is 16.5 Å². The van der Waals surface area contributed by atoms with Gasteiger partial charge < -0.3 is 4.74 Å². The first kappa shape index (κ1) is 15.0. The lowest BCUT2D eigenvalue weighted by Gasteiger charge is -2.04. The minimum absolute atomic E-state index is 0.0517. The Balaban J connectivity index is 1.86. The van der Waals surface area contributed by atoms with Crippen molar-refractivity contribution in [2.24, 2.45) is 7.05 Å². The molecule has 0 aliphatic rings. The smallest absolute Gasteiger partial charge is 0.257 e. The van der Waals surface area contributed by atoms with Crippen LogP contribution in [0.3, 0.4) is 0 Å². The summed E-state index contributed by atoms with van der Waals surface area (Å²) in [5.74, 6) is -0.179. The third-order valence-electron chi connectivity index (χ3n) is 2.52. The standard InChI is InChI=1S/C12H13N5O3S/c1-17-12(14-15-16-17)21-7-10(18)13-11(19)8-3-5-9(20-2)6-4-8/h3-6H,7H2,1-2H3,(H,13,18,19). The molecule has 1 heterocycles. The van der Waals surface area contributed by atoms with Gasteiger partial charge in [0.25, 0.3) is 5.91 Å². The Bertz CT molecular complexity index is 641. The molecular weight excluding hydrogens is 294 g/mol. The number of nitrogens with zero attached hydrogens (tertiary/aromatic N) is 4. The van der Waals surface area contributed by atoms with Crippen LogP contribution < -0.4 is 10.1 Å². The molecule has 0 saturated carbocycles. The van der Waals surface area contributed by atoms with Crippen molar-refractivity contribution in [1.82, 2.24) is 25.5 Å². The molecule has 21 heavy (non-hydrogen) atoms. The van der Waals surface area contributed by atoms with Gasteiger partial charge in [-0.25, -0.2) is 4.68 Å². The van der Waals surface area contributed by atoms with E-state index < -0.39 is 11.8 Å². The molecule has 1 N–H and O–H groups in total. The summed E-state index contributed by atoms with van der Waals surface area (Å²) in [6, 6.07) is 6.47. The lowest BCUT2D eigenvalue weighted by atomic mass is 10.2. The van der Waals surface area contributed by atoms with Gasteiger partial charge in [0.05, 0.1) is 12.9 Å². The van der Waals surface area contributed by atoms with E-state index in [-0.39, 0.29) is 5.75 Å². The Morgan fingerprint density at radius 1 is 1.33 bits per heavy atom. The normalized spacial score (nSPS) is 10.2. The van der Waals surface area contributed by atoms with Crippen molar-refractivity contribution in [3.8, 4) is 5.75 Å². The molecule has 0 saturated heterocycles. The fourth-order valence-electron chi connectivity index (χ4n) is 1.45. The highest BCUT2D eigenvalue weighted by atomic mass is 32.2. The molecule has 0 unspecified atom stereocenters. The van der Waals surface area contributed by atoms with Crippen molar-refractivity contribution >= 4 is 23.6 Å². The number of carbonyl (C=O) groups excluding carboxylic acids is 2. The molecule has 0 aliphatic carbocycles. The molecule has 1 aromatic heterocycles. The van der Waals surface area contributed by atoms with E-state index in [0.717, 1.165) is 11.8 Å². The van der Waals surface area contributed by atoms with Gasteiger partial charge in [0, 0.05) is 12.6 Å². The van der Waals surface area contributed by atoms with Crippen LogP contribution in [0.5, 0.6) is 5.75 Å². The molecule has 2 amide bonds. The Morgan fingerprint density at radius 3 is 2.62 bits per heavy atom. The molecule has 1 aromatic carbocycles. The summed E-state index contributed by atoms with van der Waals surface area (Å²) in [7, 11) is 3.21. The van der Waals surface area contributed by atoms with Crippen LogP contribution in [0, 0.1) is 0 Å². The molecule has 0 fully saturated rings. The van der Waals surface area contributed by atoms with Crippen LogP contribution in [0.2, 0.25) is 0 Å². The van der Waals surface area contributed by atoms with E-state index in [1.165, 1.54) is 11.8 Å². The number of methoxy groups -OCH3 is 1. The van der Waals surface area contributed by atoms with Crippen molar-refractivity contribution in [3.05, 3.63) is 29.8 Å². The zero-order chi connectivity index (χ0) is 15.2. The summed E-state index contributed by atoms with van der Waals surface area (Å²) < 4.78 is 6.45. The third kappa shape index (κ3) is 4.02. The van der Waals surface area contributed by atoms with E-state index in [1.54, 1.807) is 31.3 Å². The van der Waals surface area contributed by atoms with E-state index in [9.17, 15) is 9.59 Å². The Morgan fingerprint density at radius 2 is 2.05 bits per heavy atom. The summed E-state index contributed by atoms with van der Waals surface area (Å²) in [5, 5.41) is 13.6. The second kappa shape index (κ2) is 6.84. The zero-order valence-electron chi connectivity index (χ0n) is 11.4. The lowest BCUT2D eigenvalue weighted by molar-refractivity contribution is -0.117. The van der Waals surface area contributed by atoms with Gasteiger partial charge in [-0.3, -0.25) is 14.9 Å². The first-order valence-corrected chi connectivity index (χ1v) is 6.92. The fourth-order valence-corrected chi connectivity index (χ4v) is 2.10. The second-order valence-corrected chi connectivity index (χ2v) is 4.92. The van der Waals surface area contributed by atoms with Crippen LogP contribution in [-0.2, 0) is 11.8 Å². The number of thioether (sulfide) groups is 1. The highest BCUT2D eigenvalue weighted by Crippen LogP contribution is 2.13. The summed E-state index contributed by atoms with van der Waals surface area (Å²) >= 11 is 1.15. The highest BCUT2D eigenvalue weighted by molar-refractivity contribution is 7.99. The van der Waals surface area contributed by atoms with Crippen LogP contribution >= 0.6 is 11.8 Å². The summed E-state index contributed by atoms with van der Waals surface area (Å²) in [6.07, 6.45) is 0. The van der Waals surface area contributed by atoms with Crippen molar-refractivity contribution in [3.63, 3.8) is 0 Å². The van der Waals surface area contributed by atoms with Gasteiger partial charge in [-0.1, -0.05) is 11.8 Å². The number of aryl methyl sites for hydroxylation is 1. The van der Waals surface area contributed by atoms with Crippen LogP contribution in [-0.4, -0.2) is 44.9 Å². The van der Waals surface area contributed by atoms with Gasteiger partial charge in [-0.2, -0.15) is 0 Å². The maximum absolute atomic E-state index is 11.9. The van der Waals surface area contributed by atoms with Crippen molar-refractivity contribution in [2.45, 2.75) is 5.16 Å². The molecule has 0 spiro atoms. The number of nitrogens with one attached hydrogen (secondary N) is 1. The molecule has 2 rings (SSSR count). The molecule has 110 valence electrons. The van der Waals surface area contributed by atoms with Crippen LogP contribution in [0.25, 0.3) is 0 Å². The Kier molecular flexibility index (Phi) is 4.88. The predicted octanol–water partition coefficient (Wildman–Crippen LogP) is 0.267. The van der Waals surface area contributed by atoms with Gasteiger partial charge in [-0.15, -0.1) is 5.10 Å². The van der Waals surface area contributed by atoms with Gasteiger partial charge >= 0.3 is 0 Å². The lowest BCUT2D eigenvalue weighted by Crippen LogP contribution is -2.31. The fraction of sp³-hybridized carbons (Fsp3) is 0.250. The quantitative estimate of drug-likeness (QED) is 0.791. The molecule has 0 radical (unpaired) electrons. The maximum atomic E-state index is 11.9. The number of benzene rings is 1. The number of carbonyl (C=O) groups is 2. The minimum atomic E-state index is -0.459. The minimum Gasteiger partial charge on any atom is -0.497 e. The monoisotopic (exact) mass is 307 g/mol. The number of hydrogen-bond acceptors (Lipinski definition) is 7. The number of tetrazole rings is 1. The average Bonchev–Trinajstić information content (AvgIpc) is 2.90. The largest absolute Gasteiger partial charge is 0.497 e. The molecule has 0 aliphatic heterocycles. The molecule has 8 nitrogen and oxygen atoms in total. The molecule has 2 aromatic rings. The van der Waals surface area contributed by atoms with Crippen molar-refractivity contribution in [1.29, 1.82) is 0 Å². The third-order valence-corrected chi connectivity index (χ3v) is 3.53. The van der Waals surface area contributed by atoms with Gasteiger partial charge in [0.1, 0.15) is 5.75 Å². The van der Waals surface area contributed by atoms with E-state index in [4.69, 9.17) is 4.74 Å². The van der Waals surface area contributed by atoms with Crippen LogP contribution in [0.15, 0.2) is 29.4 Å². The molecule has 9 heteroatoms. The number of aromatic nitrogens is 4. The number of amides is 2. The van der Waals surface area contributed by atoms with Gasteiger partial charge in [-0.05, 0) is 34.7 Å². The first-order valence-electron chi connectivity index (χ1n) is 5.93. The molecular formula is C12H13N5O3S. The maximum Gasteiger partial charge on any atom is 0.257 e. The average molecular weight is 307 g/mol. The first-order chi connectivity index (χ1) is 10.1. The van der Waals surface area contributed by atoms with Crippen molar-refractivity contribution < 1.29 is 14.3 Å².